The zero-order valence-corrected chi connectivity index (χ0v) is 33.1. The van der Waals surface area contributed by atoms with Crippen molar-refractivity contribution in [2.45, 2.75) is 0 Å². The third-order valence-electron chi connectivity index (χ3n) is 12.0. The van der Waals surface area contributed by atoms with Gasteiger partial charge in [-0.05, 0) is 88.1 Å². The minimum atomic E-state index is 0.612. The SMILES string of the molecule is c1ccc(-c2nc3cccc(-c4cccc(N(c5ccc6c7ccc8ccccc8c7n(-c7ccccc7)c6c5)c5ccc(-c6ccccc6)c6ccccc56)c4)c3o2)cc1. The summed E-state index contributed by atoms with van der Waals surface area (Å²) < 4.78 is 9.00. The molecule has 2 heterocycles. The van der Waals surface area contributed by atoms with Gasteiger partial charge in [0, 0.05) is 49.7 Å². The van der Waals surface area contributed by atoms with E-state index in [4.69, 9.17) is 9.40 Å². The maximum absolute atomic E-state index is 6.56. The molecule has 4 heteroatoms. The summed E-state index contributed by atoms with van der Waals surface area (Å²) in [7, 11) is 0. The van der Waals surface area contributed by atoms with Crippen LogP contribution in [-0.2, 0) is 0 Å². The Morgan fingerprint density at radius 1 is 0.410 bits per heavy atom. The highest BCUT2D eigenvalue weighted by atomic mass is 16.3. The highest BCUT2D eigenvalue weighted by Gasteiger charge is 2.22. The maximum Gasteiger partial charge on any atom is 0.227 e. The van der Waals surface area contributed by atoms with Gasteiger partial charge in [-0.3, -0.25) is 0 Å². The Hall–Kier alpha value is -8.21. The van der Waals surface area contributed by atoms with Crippen LogP contribution in [0.2, 0.25) is 0 Å². The molecule has 0 bridgehead atoms. The fourth-order valence-corrected chi connectivity index (χ4v) is 9.22. The van der Waals surface area contributed by atoms with Crippen LogP contribution in [0.25, 0.3) is 93.8 Å². The van der Waals surface area contributed by atoms with Gasteiger partial charge in [-0.2, -0.15) is 0 Å². The monoisotopic (exact) mass is 779 g/mol. The van der Waals surface area contributed by atoms with Crippen molar-refractivity contribution < 1.29 is 4.42 Å². The fourth-order valence-electron chi connectivity index (χ4n) is 9.22. The van der Waals surface area contributed by atoms with Gasteiger partial charge in [0.15, 0.2) is 5.58 Å². The summed E-state index contributed by atoms with van der Waals surface area (Å²) in [6.45, 7) is 0. The van der Waals surface area contributed by atoms with Gasteiger partial charge < -0.3 is 13.9 Å². The van der Waals surface area contributed by atoms with Gasteiger partial charge in [-0.15, -0.1) is 0 Å². The summed E-state index contributed by atoms with van der Waals surface area (Å²) in [5, 5.41) is 7.23. The van der Waals surface area contributed by atoms with Gasteiger partial charge in [0.2, 0.25) is 5.89 Å². The minimum Gasteiger partial charge on any atom is -0.435 e. The van der Waals surface area contributed by atoms with Gasteiger partial charge in [0.05, 0.1) is 16.7 Å². The lowest BCUT2D eigenvalue weighted by Gasteiger charge is -2.28. The van der Waals surface area contributed by atoms with Crippen LogP contribution in [-0.4, -0.2) is 9.55 Å². The van der Waals surface area contributed by atoms with Crippen molar-refractivity contribution in [3.8, 4) is 39.4 Å². The molecule has 12 aromatic rings. The number of hydrogen-bond donors (Lipinski definition) is 0. The van der Waals surface area contributed by atoms with Crippen molar-refractivity contribution in [3.05, 3.63) is 224 Å². The second-order valence-corrected chi connectivity index (χ2v) is 15.5. The van der Waals surface area contributed by atoms with Crippen LogP contribution < -0.4 is 4.90 Å². The molecule has 10 aromatic carbocycles. The van der Waals surface area contributed by atoms with Crippen molar-refractivity contribution >= 4 is 71.5 Å². The average Bonchev–Trinajstić information content (AvgIpc) is 3.93. The van der Waals surface area contributed by atoms with Crippen molar-refractivity contribution in [2.24, 2.45) is 0 Å². The van der Waals surface area contributed by atoms with Crippen LogP contribution in [0.15, 0.2) is 229 Å². The average molecular weight is 780 g/mol. The first-order chi connectivity index (χ1) is 30.3. The summed E-state index contributed by atoms with van der Waals surface area (Å²) in [6.07, 6.45) is 0. The highest BCUT2D eigenvalue weighted by molar-refractivity contribution is 6.19. The number of aromatic nitrogens is 2. The quantitative estimate of drug-likeness (QED) is 0.162. The van der Waals surface area contributed by atoms with Gasteiger partial charge in [0.25, 0.3) is 0 Å². The number of para-hydroxylation sites is 2. The largest absolute Gasteiger partial charge is 0.435 e. The highest BCUT2D eigenvalue weighted by Crippen LogP contribution is 2.46. The third kappa shape index (κ3) is 5.80. The summed E-state index contributed by atoms with van der Waals surface area (Å²) in [4.78, 5) is 7.33. The van der Waals surface area contributed by atoms with E-state index < -0.39 is 0 Å². The van der Waals surface area contributed by atoms with Gasteiger partial charge in [-0.25, -0.2) is 4.98 Å². The van der Waals surface area contributed by atoms with Crippen LogP contribution in [0, 0.1) is 0 Å². The van der Waals surface area contributed by atoms with Crippen LogP contribution in [0.4, 0.5) is 17.1 Å². The summed E-state index contributed by atoms with van der Waals surface area (Å²) in [5.74, 6) is 0.612. The molecule has 12 rings (SSSR count). The van der Waals surface area contributed by atoms with Crippen LogP contribution in [0.3, 0.4) is 0 Å². The molecule has 0 spiro atoms. The zero-order chi connectivity index (χ0) is 40.3. The molecule has 0 aliphatic rings. The molecular formula is C57H37N3O. The molecule has 2 aromatic heterocycles. The minimum absolute atomic E-state index is 0.612. The topological polar surface area (TPSA) is 34.2 Å². The van der Waals surface area contributed by atoms with Gasteiger partial charge >= 0.3 is 0 Å². The molecule has 0 amide bonds. The Balaban J connectivity index is 1.11. The predicted octanol–water partition coefficient (Wildman–Crippen LogP) is 15.7. The Labute approximate surface area is 352 Å². The van der Waals surface area contributed by atoms with E-state index in [-0.39, 0.29) is 0 Å². The molecule has 0 unspecified atom stereocenters. The second-order valence-electron chi connectivity index (χ2n) is 15.5. The van der Waals surface area contributed by atoms with E-state index in [1.165, 1.54) is 43.6 Å². The molecule has 0 radical (unpaired) electrons. The van der Waals surface area contributed by atoms with E-state index >= 15 is 0 Å². The molecule has 0 saturated carbocycles. The molecule has 4 nitrogen and oxygen atoms in total. The number of hydrogen-bond acceptors (Lipinski definition) is 3. The molecule has 0 saturated heterocycles. The van der Waals surface area contributed by atoms with Crippen molar-refractivity contribution in [1.82, 2.24) is 9.55 Å². The van der Waals surface area contributed by atoms with Crippen molar-refractivity contribution in [3.63, 3.8) is 0 Å². The summed E-state index contributed by atoms with van der Waals surface area (Å²) in [5.41, 5.74) is 13.6. The van der Waals surface area contributed by atoms with E-state index in [2.05, 4.69) is 198 Å². The van der Waals surface area contributed by atoms with E-state index in [0.29, 0.717) is 5.89 Å². The fraction of sp³-hybridized carbons (Fsp3) is 0. The number of rotatable bonds is 7. The Morgan fingerprint density at radius 3 is 1.89 bits per heavy atom. The summed E-state index contributed by atoms with van der Waals surface area (Å²) in [6, 6.07) is 80.1. The van der Waals surface area contributed by atoms with Crippen LogP contribution in [0.1, 0.15) is 0 Å². The Kier molecular flexibility index (Phi) is 8.13. The maximum atomic E-state index is 6.56. The molecule has 0 aliphatic heterocycles. The Bertz CT molecular complexity index is 3590. The normalized spacial score (nSPS) is 11.6. The van der Waals surface area contributed by atoms with Crippen LogP contribution in [0.5, 0.6) is 0 Å². The van der Waals surface area contributed by atoms with Crippen molar-refractivity contribution in [1.29, 1.82) is 0 Å². The number of oxazole rings is 1. The molecule has 0 N–H and O–H groups in total. The number of nitrogens with zero attached hydrogens (tertiary/aromatic N) is 3. The van der Waals surface area contributed by atoms with Gasteiger partial charge in [-0.1, -0.05) is 164 Å². The smallest absolute Gasteiger partial charge is 0.227 e. The lowest BCUT2D eigenvalue weighted by atomic mass is 9.96. The number of benzene rings is 10. The first-order valence-electron chi connectivity index (χ1n) is 20.7. The summed E-state index contributed by atoms with van der Waals surface area (Å²) >= 11 is 0. The van der Waals surface area contributed by atoms with E-state index in [9.17, 15) is 0 Å². The van der Waals surface area contributed by atoms with Crippen LogP contribution >= 0.6 is 0 Å². The predicted molar refractivity (Wildman–Crippen MR) is 254 cm³/mol. The molecule has 0 aliphatic carbocycles. The number of fused-ring (bicyclic) bond motifs is 7. The third-order valence-corrected chi connectivity index (χ3v) is 12.0. The first kappa shape index (κ1) is 34.8. The molecule has 0 atom stereocenters. The molecule has 0 fully saturated rings. The lowest BCUT2D eigenvalue weighted by Crippen LogP contribution is -2.11. The zero-order valence-electron chi connectivity index (χ0n) is 33.1. The van der Waals surface area contributed by atoms with Gasteiger partial charge in [0.1, 0.15) is 5.52 Å². The number of anilines is 3. The van der Waals surface area contributed by atoms with E-state index in [1.54, 1.807) is 0 Å². The second kappa shape index (κ2) is 14.3. The van der Waals surface area contributed by atoms with Crippen molar-refractivity contribution in [2.75, 3.05) is 4.90 Å². The van der Waals surface area contributed by atoms with E-state index in [0.717, 1.165) is 61.4 Å². The molecule has 61 heavy (non-hydrogen) atoms. The first-order valence-corrected chi connectivity index (χ1v) is 20.7. The molecular weight excluding hydrogens is 743 g/mol. The lowest BCUT2D eigenvalue weighted by molar-refractivity contribution is 0.621. The standard InChI is InChI=1S/C57H37N3O/c1-4-16-38(17-5-1)45-34-35-53(49-27-13-12-26-48(45)49)59(43-24-14-21-41(36-43)47-28-15-29-52-56(47)61-57(58-52)40-19-6-2-7-20-40)44-31-33-50-51-32-30-39-18-10-11-25-46(39)55(51)60(54(50)37-44)42-22-8-3-9-23-42/h1-37H. The van der Waals surface area contributed by atoms with E-state index in [1.807, 2.05) is 36.4 Å². The molecule has 286 valence electrons. The Morgan fingerprint density at radius 2 is 1.07 bits per heavy atom.